The molecule has 0 saturated carbocycles. The van der Waals surface area contributed by atoms with E-state index in [-0.39, 0.29) is 23.7 Å². The molecule has 2 N–H and O–H groups in total. The summed E-state index contributed by atoms with van der Waals surface area (Å²) in [7, 11) is 0. The van der Waals surface area contributed by atoms with Crippen LogP contribution >= 0.6 is 11.8 Å². The molecule has 7 heteroatoms. The van der Waals surface area contributed by atoms with Gasteiger partial charge in [-0.2, -0.15) is 20.5 Å². The third-order valence-corrected chi connectivity index (χ3v) is 5.55. The number of amides is 1. The zero-order valence-electron chi connectivity index (χ0n) is 13.4. The lowest BCUT2D eigenvalue weighted by Gasteiger charge is -2.28. The first-order valence-corrected chi connectivity index (χ1v) is 9.45. The van der Waals surface area contributed by atoms with Crippen molar-refractivity contribution in [3.63, 3.8) is 0 Å². The van der Waals surface area contributed by atoms with Gasteiger partial charge >= 0.3 is 6.61 Å². The van der Waals surface area contributed by atoms with Crippen molar-refractivity contribution >= 4 is 17.7 Å². The first-order valence-electron chi connectivity index (χ1n) is 8.30. The molecule has 1 fully saturated rings. The minimum Gasteiger partial charge on any atom is -0.435 e. The van der Waals surface area contributed by atoms with Crippen LogP contribution in [-0.2, 0) is 11.2 Å². The van der Waals surface area contributed by atoms with Crippen molar-refractivity contribution < 1.29 is 18.3 Å². The van der Waals surface area contributed by atoms with Crippen LogP contribution in [-0.4, -0.2) is 36.6 Å². The topological polar surface area (TPSA) is 50.4 Å². The maximum absolute atomic E-state index is 12.3. The van der Waals surface area contributed by atoms with Crippen LogP contribution in [0.25, 0.3) is 0 Å². The molecule has 1 aliphatic heterocycles. The molecule has 2 aliphatic rings. The Morgan fingerprint density at radius 1 is 1.46 bits per heavy atom. The molecule has 132 valence electrons. The number of hydrogen-bond donors (Lipinski definition) is 2. The lowest BCUT2D eigenvalue weighted by molar-refractivity contribution is -0.122. The van der Waals surface area contributed by atoms with Crippen molar-refractivity contribution in [2.24, 2.45) is 0 Å². The molecule has 1 aromatic rings. The van der Waals surface area contributed by atoms with Gasteiger partial charge in [0.2, 0.25) is 5.91 Å². The number of aryl methyl sites for hydroxylation is 1. The molecule has 0 spiro atoms. The van der Waals surface area contributed by atoms with Gasteiger partial charge in [0.15, 0.2) is 0 Å². The Hall–Kier alpha value is -1.34. The Kier molecular flexibility index (Phi) is 5.94. The van der Waals surface area contributed by atoms with Gasteiger partial charge in [0.05, 0.1) is 6.04 Å². The molecule has 3 rings (SSSR count). The number of benzene rings is 1. The summed E-state index contributed by atoms with van der Waals surface area (Å²) in [5, 5.41) is 6.47. The fourth-order valence-electron chi connectivity index (χ4n) is 3.34. The number of alkyl halides is 2. The van der Waals surface area contributed by atoms with Crippen molar-refractivity contribution in [2.75, 3.05) is 18.1 Å². The summed E-state index contributed by atoms with van der Waals surface area (Å²) in [6.45, 7) is -1.87. The Morgan fingerprint density at radius 2 is 2.33 bits per heavy atom. The van der Waals surface area contributed by atoms with Crippen molar-refractivity contribution in [1.82, 2.24) is 10.6 Å². The summed E-state index contributed by atoms with van der Waals surface area (Å²) in [5.41, 5.74) is 2.00. The molecule has 0 radical (unpaired) electrons. The molecule has 1 amide bonds. The molecule has 1 heterocycles. The van der Waals surface area contributed by atoms with E-state index in [9.17, 15) is 13.6 Å². The van der Waals surface area contributed by atoms with E-state index in [1.54, 1.807) is 18.2 Å². The standard InChI is InChI=1S/C17H22F2N2O2S/c18-17(19)23-13-4-5-14-11(8-13)2-1-3-15(14)21-16(22)9-12-10-24-7-6-20-12/h4-5,8,12,15,17,20H,1-3,6-7,9-10H2,(H,21,22). The number of carbonyl (C=O) groups is 1. The van der Waals surface area contributed by atoms with Crippen LogP contribution in [0.2, 0.25) is 0 Å². The molecule has 4 nitrogen and oxygen atoms in total. The van der Waals surface area contributed by atoms with E-state index in [1.165, 1.54) is 0 Å². The smallest absolute Gasteiger partial charge is 0.387 e. The number of thioether (sulfide) groups is 1. The summed E-state index contributed by atoms with van der Waals surface area (Å²) in [6.07, 6.45) is 3.10. The van der Waals surface area contributed by atoms with Crippen molar-refractivity contribution in [3.05, 3.63) is 29.3 Å². The van der Waals surface area contributed by atoms with Crippen LogP contribution in [0, 0.1) is 0 Å². The lowest BCUT2D eigenvalue weighted by atomic mass is 9.87. The van der Waals surface area contributed by atoms with Crippen LogP contribution in [0.15, 0.2) is 18.2 Å². The van der Waals surface area contributed by atoms with Crippen LogP contribution in [0.1, 0.15) is 36.4 Å². The Bertz CT molecular complexity index is 580. The number of hydrogen-bond acceptors (Lipinski definition) is 4. The van der Waals surface area contributed by atoms with Crippen molar-refractivity contribution in [1.29, 1.82) is 0 Å². The lowest BCUT2D eigenvalue weighted by Crippen LogP contribution is -2.42. The molecule has 1 saturated heterocycles. The third-order valence-electron chi connectivity index (χ3n) is 4.42. The zero-order valence-corrected chi connectivity index (χ0v) is 14.2. The van der Waals surface area contributed by atoms with Gasteiger partial charge in [-0.15, -0.1) is 0 Å². The van der Waals surface area contributed by atoms with E-state index in [4.69, 9.17) is 0 Å². The average Bonchev–Trinajstić information content (AvgIpc) is 2.55. The summed E-state index contributed by atoms with van der Waals surface area (Å²) >= 11 is 1.87. The zero-order chi connectivity index (χ0) is 16.9. The molecule has 24 heavy (non-hydrogen) atoms. The maximum atomic E-state index is 12.3. The molecular formula is C17H22F2N2O2S. The highest BCUT2D eigenvalue weighted by molar-refractivity contribution is 7.99. The van der Waals surface area contributed by atoms with Gasteiger partial charge in [0, 0.05) is 30.5 Å². The predicted molar refractivity (Wildman–Crippen MR) is 90.6 cm³/mol. The van der Waals surface area contributed by atoms with Gasteiger partial charge in [-0.25, -0.2) is 0 Å². The van der Waals surface area contributed by atoms with Crippen molar-refractivity contribution in [2.45, 2.75) is 44.4 Å². The number of halogens is 2. The summed E-state index contributed by atoms with van der Waals surface area (Å²) < 4.78 is 29.1. The monoisotopic (exact) mass is 356 g/mol. The molecule has 0 bridgehead atoms. The fourth-order valence-corrected chi connectivity index (χ4v) is 4.29. The van der Waals surface area contributed by atoms with Gasteiger partial charge in [-0.05, 0) is 42.5 Å². The first kappa shape index (κ1) is 17.5. The highest BCUT2D eigenvalue weighted by Gasteiger charge is 2.24. The largest absolute Gasteiger partial charge is 0.435 e. The number of ether oxygens (including phenoxy) is 1. The molecule has 2 atom stereocenters. The molecular weight excluding hydrogens is 334 g/mol. The van der Waals surface area contributed by atoms with Crippen molar-refractivity contribution in [3.8, 4) is 5.75 Å². The molecule has 1 aromatic carbocycles. The highest BCUT2D eigenvalue weighted by Crippen LogP contribution is 2.32. The predicted octanol–water partition coefficient (Wildman–Crippen LogP) is 2.88. The molecule has 2 unspecified atom stereocenters. The number of carbonyl (C=O) groups excluding carboxylic acids is 1. The van der Waals surface area contributed by atoms with Crippen LogP contribution in [0.3, 0.4) is 0 Å². The third kappa shape index (κ3) is 4.60. The van der Waals surface area contributed by atoms with E-state index in [1.807, 2.05) is 11.8 Å². The first-order chi connectivity index (χ1) is 11.6. The van der Waals surface area contributed by atoms with E-state index in [0.29, 0.717) is 6.42 Å². The number of nitrogens with one attached hydrogen (secondary N) is 2. The van der Waals surface area contributed by atoms with E-state index in [2.05, 4.69) is 15.4 Å². The van der Waals surface area contributed by atoms with E-state index >= 15 is 0 Å². The van der Waals surface area contributed by atoms with Gasteiger partial charge in [0.25, 0.3) is 0 Å². The van der Waals surface area contributed by atoms with Crippen LogP contribution < -0.4 is 15.4 Å². The van der Waals surface area contributed by atoms with Crippen LogP contribution in [0.5, 0.6) is 5.75 Å². The Balaban J connectivity index is 1.62. The summed E-state index contributed by atoms with van der Waals surface area (Å²) in [5.74, 6) is 2.28. The number of fused-ring (bicyclic) bond motifs is 1. The molecule has 1 aliphatic carbocycles. The summed E-state index contributed by atoms with van der Waals surface area (Å²) in [6, 6.07) is 5.20. The minimum atomic E-state index is -2.82. The van der Waals surface area contributed by atoms with Gasteiger partial charge in [-0.1, -0.05) is 6.07 Å². The van der Waals surface area contributed by atoms with Crippen LogP contribution in [0.4, 0.5) is 8.78 Å². The quantitative estimate of drug-likeness (QED) is 0.852. The Morgan fingerprint density at radius 3 is 3.08 bits per heavy atom. The molecule has 0 aromatic heterocycles. The van der Waals surface area contributed by atoms with Gasteiger partial charge in [-0.3, -0.25) is 4.79 Å². The second-order valence-corrected chi connectivity index (χ2v) is 7.33. The second kappa shape index (κ2) is 8.16. The van der Waals surface area contributed by atoms with E-state index < -0.39 is 6.61 Å². The van der Waals surface area contributed by atoms with Gasteiger partial charge in [0.1, 0.15) is 5.75 Å². The second-order valence-electron chi connectivity index (χ2n) is 6.18. The Labute approximate surface area is 144 Å². The summed E-state index contributed by atoms with van der Waals surface area (Å²) in [4.78, 5) is 12.3. The SMILES string of the molecule is O=C(CC1CSCCN1)NC1CCCc2cc(OC(F)F)ccc21. The van der Waals surface area contributed by atoms with E-state index in [0.717, 1.165) is 48.4 Å². The minimum absolute atomic E-state index is 0.0424. The normalized spacial score (nSPS) is 23.6. The average molecular weight is 356 g/mol. The van der Waals surface area contributed by atoms with Gasteiger partial charge < -0.3 is 15.4 Å². The fraction of sp³-hybridized carbons (Fsp3) is 0.588. The number of rotatable bonds is 5. The maximum Gasteiger partial charge on any atom is 0.387 e. The highest BCUT2D eigenvalue weighted by atomic mass is 32.2.